The lowest BCUT2D eigenvalue weighted by molar-refractivity contribution is 0.245. The molecular weight excluding hydrogens is 210 g/mol. The number of rotatable bonds is 6. The standard InChI is InChI=1S/C14H21N3/c1-3-10-17(4-2)12-14(16,11-15)13-8-6-5-7-9-13/h5-9H,3-4,10,12,16H2,1-2H3. The highest BCUT2D eigenvalue weighted by molar-refractivity contribution is 5.31. The molecule has 3 heteroatoms. The quantitative estimate of drug-likeness (QED) is 0.815. The molecule has 0 saturated heterocycles. The number of likely N-dealkylation sites (N-methyl/N-ethyl adjacent to an activating group) is 1. The van der Waals surface area contributed by atoms with Crippen LogP contribution >= 0.6 is 0 Å². The van der Waals surface area contributed by atoms with Gasteiger partial charge in [0.15, 0.2) is 0 Å². The van der Waals surface area contributed by atoms with Crippen LogP contribution in [0.5, 0.6) is 0 Å². The first-order chi connectivity index (χ1) is 8.16. The van der Waals surface area contributed by atoms with Crippen molar-refractivity contribution in [3.8, 4) is 6.07 Å². The van der Waals surface area contributed by atoms with E-state index in [1.54, 1.807) is 0 Å². The molecule has 1 unspecified atom stereocenters. The number of nitriles is 1. The monoisotopic (exact) mass is 231 g/mol. The van der Waals surface area contributed by atoms with Crippen molar-refractivity contribution in [2.45, 2.75) is 25.8 Å². The van der Waals surface area contributed by atoms with E-state index in [9.17, 15) is 5.26 Å². The van der Waals surface area contributed by atoms with E-state index in [-0.39, 0.29) is 0 Å². The molecule has 0 aromatic heterocycles. The summed E-state index contributed by atoms with van der Waals surface area (Å²) >= 11 is 0. The van der Waals surface area contributed by atoms with E-state index in [0.29, 0.717) is 6.54 Å². The third-order valence-corrected chi connectivity index (χ3v) is 2.95. The molecule has 1 aromatic carbocycles. The zero-order valence-electron chi connectivity index (χ0n) is 10.7. The minimum Gasteiger partial charge on any atom is -0.309 e. The van der Waals surface area contributed by atoms with Gasteiger partial charge in [-0.1, -0.05) is 44.2 Å². The number of hydrogen-bond donors (Lipinski definition) is 1. The van der Waals surface area contributed by atoms with Gasteiger partial charge in [-0.15, -0.1) is 0 Å². The lowest BCUT2D eigenvalue weighted by Gasteiger charge is -2.29. The van der Waals surface area contributed by atoms with Gasteiger partial charge >= 0.3 is 0 Å². The predicted octanol–water partition coefficient (Wildman–Crippen LogP) is 2.10. The third-order valence-electron chi connectivity index (χ3n) is 2.95. The second-order valence-electron chi connectivity index (χ2n) is 4.32. The van der Waals surface area contributed by atoms with Crippen LogP contribution in [0.15, 0.2) is 30.3 Å². The summed E-state index contributed by atoms with van der Waals surface area (Å²) in [4.78, 5) is 2.22. The van der Waals surface area contributed by atoms with Crippen molar-refractivity contribution in [1.29, 1.82) is 5.26 Å². The Labute approximate surface area is 104 Å². The van der Waals surface area contributed by atoms with Crippen molar-refractivity contribution in [3.63, 3.8) is 0 Å². The summed E-state index contributed by atoms with van der Waals surface area (Å²) in [5.74, 6) is 0. The van der Waals surface area contributed by atoms with Crippen molar-refractivity contribution >= 4 is 0 Å². The van der Waals surface area contributed by atoms with Crippen LogP contribution in [-0.4, -0.2) is 24.5 Å². The Morgan fingerprint density at radius 2 is 1.94 bits per heavy atom. The minimum absolute atomic E-state index is 0.581. The van der Waals surface area contributed by atoms with Crippen molar-refractivity contribution in [1.82, 2.24) is 4.90 Å². The van der Waals surface area contributed by atoms with Crippen molar-refractivity contribution < 1.29 is 0 Å². The first kappa shape index (κ1) is 13.7. The summed E-state index contributed by atoms with van der Waals surface area (Å²) in [6.45, 7) is 6.71. The lowest BCUT2D eigenvalue weighted by atomic mass is 9.92. The molecular formula is C14H21N3. The summed E-state index contributed by atoms with van der Waals surface area (Å²) in [7, 11) is 0. The Hall–Kier alpha value is -1.37. The smallest absolute Gasteiger partial charge is 0.142 e. The van der Waals surface area contributed by atoms with E-state index in [1.165, 1.54) is 0 Å². The maximum absolute atomic E-state index is 9.35. The normalized spacial score (nSPS) is 14.3. The maximum Gasteiger partial charge on any atom is 0.142 e. The molecule has 1 atom stereocenters. The lowest BCUT2D eigenvalue weighted by Crippen LogP contribution is -2.46. The molecule has 1 rings (SSSR count). The molecule has 0 bridgehead atoms. The first-order valence-corrected chi connectivity index (χ1v) is 6.14. The molecule has 0 saturated carbocycles. The molecule has 0 aliphatic rings. The molecule has 2 N–H and O–H groups in total. The van der Waals surface area contributed by atoms with Crippen molar-refractivity contribution in [2.24, 2.45) is 5.73 Å². The Morgan fingerprint density at radius 1 is 1.29 bits per heavy atom. The summed E-state index contributed by atoms with van der Waals surface area (Å²) < 4.78 is 0. The van der Waals surface area contributed by atoms with E-state index in [1.807, 2.05) is 30.3 Å². The Balaban J connectivity index is 2.86. The fraction of sp³-hybridized carbons (Fsp3) is 0.500. The molecule has 92 valence electrons. The number of hydrogen-bond acceptors (Lipinski definition) is 3. The van der Waals surface area contributed by atoms with E-state index >= 15 is 0 Å². The molecule has 0 fully saturated rings. The fourth-order valence-corrected chi connectivity index (χ4v) is 1.94. The van der Waals surface area contributed by atoms with Crippen LogP contribution in [-0.2, 0) is 5.54 Å². The molecule has 0 aliphatic carbocycles. The highest BCUT2D eigenvalue weighted by Crippen LogP contribution is 2.18. The zero-order chi connectivity index (χ0) is 12.7. The second kappa shape index (κ2) is 6.39. The topological polar surface area (TPSA) is 53.0 Å². The maximum atomic E-state index is 9.35. The molecule has 1 aromatic rings. The number of benzene rings is 1. The van der Waals surface area contributed by atoms with Gasteiger partial charge in [-0.05, 0) is 25.1 Å². The molecule has 0 amide bonds. The minimum atomic E-state index is -0.910. The van der Waals surface area contributed by atoms with Gasteiger partial charge in [0.2, 0.25) is 0 Å². The molecule has 3 nitrogen and oxygen atoms in total. The van der Waals surface area contributed by atoms with E-state index in [2.05, 4.69) is 24.8 Å². The van der Waals surface area contributed by atoms with Crippen LogP contribution in [0.4, 0.5) is 0 Å². The van der Waals surface area contributed by atoms with Gasteiger partial charge in [0, 0.05) is 6.54 Å². The largest absolute Gasteiger partial charge is 0.309 e. The summed E-state index contributed by atoms with van der Waals surface area (Å²) in [6.07, 6.45) is 1.07. The van der Waals surface area contributed by atoms with Gasteiger partial charge in [0.25, 0.3) is 0 Å². The van der Waals surface area contributed by atoms with Crippen molar-refractivity contribution in [3.05, 3.63) is 35.9 Å². The van der Waals surface area contributed by atoms with E-state index < -0.39 is 5.54 Å². The number of nitrogens with two attached hydrogens (primary N) is 1. The SMILES string of the molecule is CCCN(CC)CC(N)(C#N)c1ccccc1. The van der Waals surface area contributed by atoms with Crippen LogP contribution in [0.3, 0.4) is 0 Å². The second-order valence-corrected chi connectivity index (χ2v) is 4.32. The van der Waals surface area contributed by atoms with Crippen LogP contribution in [0.25, 0.3) is 0 Å². The van der Waals surface area contributed by atoms with Gasteiger partial charge in [-0.3, -0.25) is 0 Å². The third kappa shape index (κ3) is 3.55. The van der Waals surface area contributed by atoms with Crippen LogP contribution in [0.2, 0.25) is 0 Å². The van der Waals surface area contributed by atoms with Crippen LogP contribution in [0.1, 0.15) is 25.8 Å². The van der Waals surface area contributed by atoms with E-state index in [4.69, 9.17) is 5.73 Å². The molecule has 0 spiro atoms. The average Bonchev–Trinajstić information content (AvgIpc) is 2.39. The fourth-order valence-electron chi connectivity index (χ4n) is 1.94. The first-order valence-electron chi connectivity index (χ1n) is 6.14. The van der Waals surface area contributed by atoms with Gasteiger partial charge in [0.05, 0.1) is 6.07 Å². The summed E-state index contributed by atoms with van der Waals surface area (Å²) in [6, 6.07) is 11.9. The van der Waals surface area contributed by atoms with E-state index in [0.717, 1.165) is 25.1 Å². The zero-order valence-corrected chi connectivity index (χ0v) is 10.7. The molecule has 17 heavy (non-hydrogen) atoms. The Morgan fingerprint density at radius 3 is 2.41 bits per heavy atom. The van der Waals surface area contributed by atoms with Gasteiger partial charge in [-0.2, -0.15) is 5.26 Å². The van der Waals surface area contributed by atoms with Crippen LogP contribution in [0, 0.1) is 11.3 Å². The van der Waals surface area contributed by atoms with Gasteiger partial charge in [-0.25, -0.2) is 0 Å². The van der Waals surface area contributed by atoms with Crippen molar-refractivity contribution in [2.75, 3.05) is 19.6 Å². The molecule has 0 heterocycles. The highest BCUT2D eigenvalue weighted by Gasteiger charge is 2.28. The Bertz CT molecular complexity index is 369. The van der Waals surface area contributed by atoms with Crippen LogP contribution < -0.4 is 5.73 Å². The van der Waals surface area contributed by atoms with Gasteiger partial charge < -0.3 is 10.6 Å². The molecule has 0 radical (unpaired) electrons. The highest BCUT2D eigenvalue weighted by atomic mass is 15.1. The Kier molecular flexibility index (Phi) is 5.14. The molecule has 0 aliphatic heterocycles. The summed E-state index contributed by atoms with van der Waals surface area (Å²) in [5.41, 5.74) is 6.20. The van der Waals surface area contributed by atoms with Gasteiger partial charge in [0.1, 0.15) is 5.54 Å². The predicted molar refractivity (Wildman–Crippen MR) is 70.3 cm³/mol. The number of nitrogens with zero attached hydrogens (tertiary/aromatic N) is 2. The summed E-state index contributed by atoms with van der Waals surface area (Å²) in [5, 5.41) is 9.35. The average molecular weight is 231 g/mol.